The second-order valence-corrected chi connectivity index (χ2v) is 7.13. The van der Waals surface area contributed by atoms with Crippen LogP contribution in [-0.2, 0) is 19.6 Å². The quantitative estimate of drug-likeness (QED) is 0.770. The summed E-state index contributed by atoms with van der Waals surface area (Å²) in [6.07, 6.45) is -1.15. The number of carbonyl (C=O) groups excluding carboxylic acids is 2. The van der Waals surface area contributed by atoms with Crippen molar-refractivity contribution in [1.82, 2.24) is 0 Å². The van der Waals surface area contributed by atoms with E-state index in [1.807, 2.05) is 0 Å². The number of primary sulfonamides is 1. The van der Waals surface area contributed by atoms with Crippen LogP contribution in [0.15, 0.2) is 47.4 Å². The van der Waals surface area contributed by atoms with Crippen LogP contribution >= 0.6 is 0 Å². The van der Waals surface area contributed by atoms with E-state index in [0.29, 0.717) is 11.3 Å². The number of carbonyl (C=O) groups is 2. The molecule has 0 radical (unpaired) electrons. The van der Waals surface area contributed by atoms with Gasteiger partial charge in [-0.05, 0) is 55.8 Å². The Balaban J connectivity index is 2.00. The number of amides is 1. The van der Waals surface area contributed by atoms with Gasteiger partial charge in [-0.25, -0.2) is 22.7 Å². The molecule has 7 nitrogen and oxygen atoms in total. The molecular formula is C17H17FN2O5S. The fourth-order valence-electron chi connectivity index (χ4n) is 1.97. The summed E-state index contributed by atoms with van der Waals surface area (Å²) in [6.45, 7) is 2.91. The van der Waals surface area contributed by atoms with Gasteiger partial charge in [0.1, 0.15) is 5.82 Å². The van der Waals surface area contributed by atoms with E-state index in [0.717, 1.165) is 6.07 Å². The van der Waals surface area contributed by atoms with Crippen LogP contribution in [0.1, 0.15) is 22.8 Å². The Morgan fingerprint density at radius 3 is 2.31 bits per heavy atom. The number of esters is 1. The first-order valence-electron chi connectivity index (χ1n) is 7.49. The van der Waals surface area contributed by atoms with Gasteiger partial charge in [0.05, 0.1) is 10.5 Å². The Labute approximate surface area is 150 Å². The van der Waals surface area contributed by atoms with Crippen LogP contribution in [0.2, 0.25) is 0 Å². The van der Waals surface area contributed by atoms with E-state index in [-0.39, 0.29) is 10.5 Å². The predicted molar refractivity (Wildman–Crippen MR) is 92.5 cm³/mol. The molecule has 138 valence electrons. The topological polar surface area (TPSA) is 116 Å². The van der Waals surface area contributed by atoms with Gasteiger partial charge in [0.15, 0.2) is 6.10 Å². The Morgan fingerprint density at radius 1 is 1.15 bits per heavy atom. The lowest BCUT2D eigenvalue weighted by Gasteiger charge is -2.14. The Kier molecular flexibility index (Phi) is 5.73. The minimum absolute atomic E-state index is 0.00902. The smallest absolute Gasteiger partial charge is 0.339 e. The summed E-state index contributed by atoms with van der Waals surface area (Å²) >= 11 is 0. The third-order valence-electron chi connectivity index (χ3n) is 3.51. The van der Waals surface area contributed by atoms with E-state index in [2.05, 4.69) is 5.32 Å². The number of halogens is 1. The summed E-state index contributed by atoms with van der Waals surface area (Å²) in [6, 6.07) is 9.03. The molecule has 2 rings (SSSR count). The second kappa shape index (κ2) is 7.63. The average Bonchev–Trinajstić information content (AvgIpc) is 2.56. The molecule has 0 spiro atoms. The Morgan fingerprint density at radius 2 is 1.77 bits per heavy atom. The molecule has 1 amide bonds. The summed E-state index contributed by atoms with van der Waals surface area (Å²) in [5, 5.41) is 7.46. The summed E-state index contributed by atoms with van der Waals surface area (Å²) in [4.78, 5) is 24.0. The van der Waals surface area contributed by atoms with Crippen LogP contribution in [0.25, 0.3) is 0 Å². The number of rotatable bonds is 5. The zero-order valence-electron chi connectivity index (χ0n) is 14.0. The van der Waals surface area contributed by atoms with Crippen molar-refractivity contribution < 1.29 is 27.1 Å². The lowest BCUT2D eigenvalue weighted by molar-refractivity contribution is -0.123. The SMILES string of the molecule is Cc1ccc(C(=O)O[C@@H](C)C(=O)Nc2ccc(S(N)(=O)=O)cc2)cc1F. The highest BCUT2D eigenvalue weighted by atomic mass is 32.2. The molecule has 0 saturated heterocycles. The third-order valence-corrected chi connectivity index (χ3v) is 4.44. The number of aryl methyl sites for hydroxylation is 1. The molecule has 9 heteroatoms. The van der Waals surface area contributed by atoms with Crippen molar-refractivity contribution in [3.63, 3.8) is 0 Å². The maximum atomic E-state index is 13.5. The highest BCUT2D eigenvalue weighted by Gasteiger charge is 2.20. The molecule has 0 unspecified atom stereocenters. The standard InChI is InChI=1S/C17H17FN2O5S/c1-10-3-4-12(9-15(10)18)17(22)25-11(2)16(21)20-13-5-7-14(8-6-13)26(19,23)24/h3-9,11H,1-2H3,(H,20,21)(H2,19,23,24)/t11-/m0/s1. The Hall–Kier alpha value is -2.78. The van der Waals surface area contributed by atoms with Gasteiger partial charge >= 0.3 is 5.97 Å². The fourth-order valence-corrected chi connectivity index (χ4v) is 2.49. The van der Waals surface area contributed by atoms with E-state index in [1.54, 1.807) is 6.92 Å². The van der Waals surface area contributed by atoms with Crippen LogP contribution in [-0.4, -0.2) is 26.4 Å². The maximum Gasteiger partial charge on any atom is 0.339 e. The van der Waals surface area contributed by atoms with Gasteiger partial charge in [0.2, 0.25) is 10.0 Å². The van der Waals surface area contributed by atoms with E-state index < -0.39 is 33.8 Å². The minimum Gasteiger partial charge on any atom is -0.449 e. The van der Waals surface area contributed by atoms with Gasteiger partial charge in [-0.15, -0.1) is 0 Å². The lowest BCUT2D eigenvalue weighted by Crippen LogP contribution is -2.30. The van der Waals surface area contributed by atoms with Crippen molar-refractivity contribution in [1.29, 1.82) is 0 Å². The number of hydrogen-bond donors (Lipinski definition) is 2. The fraction of sp³-hybridized carbons (Fsp3) is 0.176. The Bertz CT molecular complexity index is 942. The van der Waals surface area contributed by atoms with Crippen molar-refractivity contribution in [3.8, 4) is 0 Å². The van der Waals surface area contributed by atoms with Crippen LogP contribution < -0.4 is 10.5 Å². The van der Waals surface area contributed by atoms with Gasteiger partial charge in [-0.2, -0.15) is 0 Å². The van der Waals surface area contributed by atoms with Crippen molar-refractivity contribution in [2.75, 3.05) is 5.32 Å². The van der Waals surface area contributed by atoms with Gasteiger partial charge in [-0.3, -0.25) is 4.79 Å². The summed E-state index contributed by atoms with van der Waals surface area (Å²) in [7, 11) is -3.83. The second-order valence-electron chi connectivity index (χ2n) is 5.57. The number of anilines is 1. The predicted octanol–water partition coefficient (Wildman–Crippen LogP) is 1.97. The molecule has 0 aliphatic carbocycles. The third kappa shape index (κ3) is 4.87. The molecule has 2 aromatic rings. The van der Waals surface area contributed by atoms with E-state index >= 15 is 0 Å². The van der Waals surface area contributed by atoms with Crippen LogP contribution in [0, 0.1) is 12.7 Å². The van der Waals surface area contributed by atoms with E-state index in [4.69, 9.17) is 9.88 Å². The molecule has 1 atom stereocenters. The highest BCUT2D eigenvalue weighted by Crippen LogP contribution is 2.14. The highest BCUT2D eigenvalue weighted by molar-refractivity contribution is 7.89. The number of hydrogen-bond acceptors (Lipinski definition) is 5. The first-order valence-corrected chi connectivity index (χ1v) is 9.03. The van der Waals surface area contributed by atoms with Crippen molar-refractivity contribution in [2.45, 2.75) is 24.8 Å². The summed E-state index contributed by atoms with van der Waals surface area (Å²) < 4.78 is 40.9. The summed E-state index contributed by atoms with van der Waals surface area (Å²) in [5.41, 5.74) is 0.673. The number of nitrogens with one attached hydrogen (secondary N) is 1. The van der Waals surface area contributed by atoms with Gasteiger partial charge < -0.3 is 10.1 Å². The number of ether oxygens (including phenoxy) is 1. The van der Waals surface area contributed by atoms with Crippen molar-refractivity contribution >= 4 is 27.6 Å². The first-order chi connectivity index (χ1) is 12.1. The van der Waals surface area contributed by atoms with Crippen LogP contribution in [0.3, 0.4) is 0 Å². The molecule has 0 fully saturated rings. The molecule has 0 heterocycles. The summed E-state index contributed by atoms with van der Waals surface area (Å²) in [5.74, 6) is -2.02. The zero-order valence-corrected chi connectivity index (χ0v) is 14.8. The lowest BCUT2D eigenvalue weighted by atomic mass is 10.1. The molecule has 2 aromatic carbocycles. The molecule has 0 aliphatic rings. The molecule has 0 bridgehead atoms. The van der Waals surface area contributed by atoms with Gasteiger partial charge in [0, 0.05) is 5.69 Å². The van der Waals surface area contributed by atoms with Crippen molar-refractivity contribution in [2.24, 2.45) is 5.14 Å². The van der Waals surface area contributed by atoms with E-state index in [9.17, 15) is 22.4 Å². The number of nitrogens with two attached hydrogens (primary N) is 1. The number of sulfonamides is 1. The molecule has 0 saturated carbocycles. The molecule has 0 aromatic heterocycles. The molecule has 0 aliphatic heterocycles. The van der Waals surface area contributed by atoms with Crippen LogP contribution in [0.5, 0.6) is 0 Å². The molecular weight excluding hydrogens is 363 g/mol. The largest absolute Gasteiger partial charge is 0.449 e. The van der Waals surface area contributed by atoms with Crippen LogP contribution in [0.4, 0.5) is 10.1 Å². The van der Waals surface area contributed by atoms with Gasteiger partial charge in [-0.1, -0.05) is 6.07 Å². The molecule has 26 heavy (non-hydrogen) atoms. The monoisotopic (exact) mass is 380 g/mol. The zero-order chi connectivity index (χ0) is 19.5. The maximum absolute atomic E-state index is 13.5. The van der Waals surface area contributed by atoms with Gasteiger partial charge in [0.25, 0.3) is 5.91 Å². The average molecular weight is 380 g/mol. The minimum atomic E-state index is -3.83. The number of benzene rings is 2. The normalized spacial score (nSPS) is 12.3. The molecule has 3 N–H and O–H groups in total. The van der Waals surface area contributed by atoms with E-state index in [1.165, 1.54) is 43.3 Å². The van der Waals surface area contributed by atoms with Crippen molar-refractivity contribution in [3.05, 3.63) is 59.4 Å². The first kappa shape index (κ1) is 19.5.